The molecule has 0 saturated heterocycles. The van der Waals surface area contributed by atoms with Crippen LogP contribution in [0.1, 0.15) is 48.2 Å². The Kier molecular flexibility index (Phi) is 8.21. The number of aromatic hydroxyl groups is 1. The summed E-state index contributed by atoms with van der Waals surface area (Å²) in [5.41, 5.74) is -11.0. The van der Waals surface area contributed by atoms with Crippen molar-refractivity contribution < 1.29 is 74.3 Å². The minimum absolute atomic E-state index is 0.0214. The Hall–Kier alpha value is -4.57. The molecule has 0 aromatic heterocycles. The summed E-state index contributed by atoms with van der Waals surface area (Å²) < 4.78 is 9.68. The Morgan fingerprint density at radius 3 is 2.18 bits per heavy atom. The van der Waals surface area contributed by atoms with Gasteiger partial charge >= 0.3 is 17.9 Å². The summed E-state index contributed by atoms with van der Waals surface area (Å²) in [7, 11) is 0. The van der Waals surface area contributed by atoms with Crippen molar-refractivity contribution in [2.75, 3.05) is 13.2 Å². The van der Waals surface area contributed by atoms with Crippen LogP contribution in [-0.4, -0.2) is 106 Å². The Morgan fingerprint density at radius 1 is 0.977 bits per heavy atom. The van der Waals surface area contributed by atoms with Gasteiger partial charge in [-0.3, -0.25) is 9.59 Å². The summed E-state index contributed by atoms with van der Waals surface area (Å²) in [6.07, 6.45) is -3.59. The number of rotatable bonds is 7. The molecule has 5 unspecified atom stereocenters. The van der Waals surface area contributed by atoms with Gasteiger partial charge in [0.2, 0.25) is 5.76 Å². The zero-order valence-electron chi connectivity index (χ0n) is 23.4. The molecule has 1 saturated carbocycles. The summed E-state index contributed by atoms with van der Waals surface area (Å²) in [5, 5.41) is 86.7. The van der Waals surface area contributed by atoms with Crippen LogP contribution in [0, 0.1) is 5.92 Å². The van der Waals surface area contributed by atoms with Gasteiger partial charge in [0.1, 0.15) is 28.8 Å². The molecule has 3 aliphatic rings. The lowest BCUT2D eigenvalue weighted by Gasteiger charge is -2.59. The molecule has 0 amide bonds. The lowest BCUT2D eigenvalue weighted by atomic mass is 9.51. The number of hydrogen-bond donors (Lipinski definition) is 8. The molecular formula is C29H30O15. The Balaban J connectivity index is 1.91. The first kappa shape index (κ1) is 32.3. The van der Waals surface area contributed by atoms with Gasteiger partial charge in [0.15, 0.2) is 17.2 Å². The minimum Gasteiger partial charge on any atom is -0.508 e. The zero-order valence-corrected chi connectivity index (χ0v) is 23.4. The number of esters is 2. The van der Waals surface area contributed by atoms with Crippen LogP contribution in [-0.2, 0) is 35.1 Å². The second-order valence-electron chi connectivity index (χ2n) is 10.8. The number of aliphatic hydroxyl groups excluding tert-OH is 3. The van der Waals surface area contributed by atoms with Crippen molar-refractivity contribution in [3.63, 3.8) is 0 Å². The van der Waals surface area contributed by atoms with Gasteiger partial charge in [0, 0.05) is 25.3 Å². The van der Waals surface area contributed by atoms with Crippen LogP contribution in [0.2, 0.25) is 0 Å². The molecule has 0 spiro atoms. The van der Waals surface area contributed by atoms with Gasteiger partial charge in [-0.25, -0.2) is 14.4 Å². The van der Waals surface area contributed by atoms with Crippen LogP contribution in [0.4, 0.5) is 0 Å². The van der Waals surface area contributed by atoms with Gasteiger partial charge in [-0.1, -0.05) is 6.07 Å². The predicted molar refractivity (Wildman–Crippen MR) is 144 cm³/mol. The van der Waals surface area contributed by atoms with E-state index >= 15 is 0 Å². The first-order valence-electron chi connectivity index (χ1n) is 13.4. The van der Waals surface area contributed by atoms with Crippen LogP contribution in [0.25, 0.3) is 6.08 Å². The number of carboxylic acids is 1. The highest BCUT2D eigenvalue weighted by Gasteiger charge is 2.73. The third kappa shape index (κ3) is 4.83. The van der Waals surface area contributed by atoms with E-state index in [9.17, 15) is 64.8 Å². The largest absolute Gasteiger partial charge is 0.508 e. The first-order valence-corrected chi connectivity index (χ1v) is 13.4. The van der Waals surface area contributed by atoms with Crippen molar-refractivity contribution in [1.29, 1.82) is 0 Å². The average Bonchev–Trinajstić information content (AvgIpc) is 2.91. The molecule has 5 atom stereocenters. The third-order valence-electron chi connectivity index (χ3n) is 8.11. The van der Waals surface area contributed by atoms with Gasteiger partial charge < -0.3 is 50.3 Å². The summed E-state index contributed by atoms with van der Waals surface area (Å²) in [6, 6.07) is 2.26. The summed E-state index contributed by atoms with van der Waals surface area (Å²) in [6.45, 7) is 2.77. The van der Waals surface area contributed by atoms with E-state index in [1.807, 2.05) is 0 Å². The number of carboxylic acid groups (broad SMARTS) is 1. The molecule has 236 valence electrons. The molecule has 3 aliphatic carbocycles. The highest BCUT2D eigenvalue weighted by molar-refractivity contribution is 6.18. The highest BCUT2D eigenvalue weighted by atomic mass is 16.5. The zero-order chi connectivity index (χ0) is 32.9. The van der Waals surface area contributed by atoms with E-state index in [2.05, 4.69) is 0 Å². The SMILES string of the molecule is CCOC(=O)/C(O)=C/C(=C/c1ccc(O)c2c1CC1(O)CC3(O)CC(=O)C(C(=O)O)=C(O)C3(O)C(O)C1C2=O)C(=O)OCC. The molecule has 1 aromatic rings. The number of carbonyl (C=O) groups is 5. The van der Waals surface area contributed by atoms with E-state index in [1.165, 1.54) is 19.9 Å². The van der Waals surface area contributed by atoms with Crippen LogP contribution in [0.15, 0.2) is 40.9 Å². The molecule has 15 heteroatoms. The normalized spacial score (nSPS) is 30.2. The quantitative estimate of drug-likeness (QED) is 0.0631. The molecule has 1 fully saturated rings. The number of phenols is 1. The number of aliphatic carboxylic acids is 1. The van der Waals surface area contributed by atoms with Crippen LogP contribution in [0.5, 0.6) is 5.75 Å². The lowest BCUT2D eigenvalue weighted by Crippen LogP contribution is -2.77. The second kappa shape index (κ2) is 11.2. The molecule has 0 bridgehead atoms. The Labute approximate surface area is 248 Å². The maximum atomic E-state index is 13.8. The molecule has 15 nitrogen and oxygen atoms in total. The number of hydrogen-bond acceptors (Lipinski definition) is 14. The Bertz CT molecular complexity index is 1570. The number of carbonyl (C=O) groups excluding carboxylic acids is 4. The van der Waals surface area contributed by atoms with E-state index in [4.69, 9.17) is 9.47 Å². The van der Waals surface area contributed by atoms with Crippen LogP contribution in [0.3, 0.4) is 0 Å². The maximum Gasteiger partial charge on any atom is 0.373 e. The minimum atomic E-state index is -3.28. The van der Waals surface area contributed by atoms with E-state index in [-0.39, 0.29) is 24.3 Å². The average molecular weight is 619 g/mol. The summed E-state index contributed by atoms with van der Waals surface area (Å²) in [4.78, 5) is 62.7. The fourth-order valence-corrected chi connectivity index (χ4v) is 6.24. The van der Waals surface area contributed by atoms with E-state index in [0.717, 1.165) is 18.2 Å². The third-order valence-corrected chi connectivity index (χ3v) is 8.11. The van der Waals surface area contributed by atoms with Gasteiger partial charge in [-0.15, -0.1) is 0 Å². The number of fused-ring (bicyclic) bond motifs is 3. The molecule has 0 radical (unpaired) electrons. The van der Waals surface area contributed by atoms with Crippen molar-refractivity contribution in [2.24, 2.45) is 5.92 Å². The number of benzene rings is 1. The van der Waals surface area contributed by atoms with Crippen molar-refractivity contribution in [1.82, 2.24) is 0 Å². The van der Waals surface area contributed by atoms with Crippen molar-refractivity contribution >= 4 is 35.6 Å². The number of phenolic OH excluding ortho intramolecular Hbond substituents is 1. The molecular weight excluding hydrogens is 588 g/mol. The number of aliphatic hydroxyl groups is 6. The first-order chi connectivity index (χ1) is 20.5. The molecule has 1 aromatic carbocycles. The van der Waals surface area contributed by atoms with Gasteiger partial charge in [-0.2, -0.15) is 0 Å². The maximum absolute atomic E-state index is 13.8. The smallest absolute Gasteiger partial charge is 0.373 e. The second-order valence-corrected chi connectivity index (χ2v) is 10.8. The summed E-state index contributed by atoms with van der Waals surface area (Å²) >= 11 is 0. The van der Waals surface area contributed by atoms with Crippen molar-refractivity contribution in [3.8, 4) is 5.75 Å². The number of Topliss-reactive ketones (excluding diaryl/α,β-unsaturated/α-hetero) is 2. The number of ether oxygens (including phenoxy) is 2. The fraction of sp³-hybridized carbons (Fsp3) is 0.414. The summed E-state index contributed by atoms with van der Waals surface area (Å²) in [5.74, 6) is -11.9. The van der Waals surface area contributed by atoms with Crippen LogP contribution < -0.4 is 0 Å². The number of ketones is 2. The monoisotopic (exact) mass is 618 g/mol. The molecule has 8 N–H and O–H groups in total. The van der Waals surface area contributed by atoms with Gasteiger partial charge in [0.05, 0.1) is 35.9 Å². The standard InChI is InChI=1S/C29H30O15/c1-3-43-25(38)13(8-16(31)26(39)44-4-2)7-12-5-6-15(30)18-14(12)9-27(40)11-28(41)10-17(32)19(24(36)37)22(34)29(28,42)23(35)20(27)21(18)33/h5-8,20,23,30-31,34-35,40-42H,3-4,9-11H2,1-2H3,(H,36,37)/b13-7-,16-8-. The Morgan fingerprint density at radius 2 is 1.59 bits per heavy atom. The van der Waals surface area contributed by atoms with Crippen LogP contribution >= 0.6 is 0 Å². The molecule has 4 rings (SSSR count). The topological polar surface area (TPSA) is 266 Å². The van der Waals surface area contributed by atoms with Crippen molar-refractivity contribution in [2.45, 2.75) is 56.0 Å². The van der Waals surface area contributed by atoms with E-state index < -0.39 is 112 Å². The van der Waals surface area contributed by atoms with Gasteiger partial charge in [0.25, 0.3) is 0 Å². The highest BCUT2D eigenvalue weighted by Crippen LogP contribution is 2.56. The molecule has 0 aliphatic heterocycles. The predicted octanol–water partition coefficient (Wildman–Crippen LogP) is -0.474. The van der Waals surface area contributed by atoms with E-state index in [0.29, 0.717) is 0 Å². The fourth-order valence-electron chi connectivity index (χ4n) is 6.24. The van der Waals surface area contributed by atoms with Crippen molar-refractivity contribution in [3.05, 3.63) is 57.6 Å². The lowest BCUT2D eigenvalue weighted by molar-refractivity contribution is -0.273. The van der Waals surface area contributed by atoms with Gasteiger partial charge in [-0.05, 0) is 37.1 Å². The molecule has 0 heterocycles. The molecule has 44 heavy (non-hydrogen) atoms. The van der Waals surface area contributed by atoms with E-state index in [1.54, 1.807) is 0 Å².